The molecule has 5 rings (SSSR count). The van der Waals surface area contributed by atoms with Gasteiger partial charge in [-0.25, -0.2) is 4.52 Å². The summed E-state index contributed by atoms with van der Waals surface area (Å²) in [6.07, 6.45) is 2.96. The van der Waals surface area contributed by atoms with Crippen molar-refractivity contribution in [2.75, 3.05) is 13.7 Å². The van der Waals surface area contributed by atoms with E-state index in [1.165, 1.54) is 0 Å². The number of para-hydroxylation sites is 1. The molecule has 3 aromatic rings. The minimum Gasteiger partial charge on any atom is -0.491 e. The number of hydrogen-bond acceptors (Lipinski definition) is 5. The predicted octanol–water partition coefficient (Wildman–Crippen LogP) is 1.70. The number of benzene rings is 1. The molecule has 7 heteroatoms. The van der Waals surface area contributed by atoms with E-state index in [9.17, 15) is 4.79 Å². The highest BCUT2D eigenvalue weighted by Crippen LogP contribution is 2.38. The molecule has 0 N–H and O–H groups in total. The van der Waals surface area contributed by atoms with Gasteiger partial charge in [-0.3, -0.25) is 4.79 Å². The molecule has 1 amide bonds. The van der Waals surface area contributed by atoms with Crippen molar-refractivity contribution < 1.29 is 14.3 Å². The lowest BCUT2D eigenvalue weighted by Gasteiger charge is -2.37. The van der Waals surface area contributed by atoms with Gasteiger partial charge in [-0.2, -0.15) is 10.1 Å². The average Bonchev–Trinajstić information content (AvgIpc) is 3.04. The van der Waals surface area contributed by atoms with Crippen molar-refractivity contribution >= 4 is 11.6 Å². The number of likely N-dealkylation sites (N-methyl/N-ethyl adjacent to an activating group) is 1. The lowest BCUT2D eigenvalue weighted by atomic mass is 9.97. The summed E-state index contributed by atoms with van der Waals surface area (Å²) in [6, 6.07) is 9.24. The van der Waals surface area contributed by atoms with Gasteiger partial charge in [0.25, 0.3) is 5.91 Å². The van der Waals surface area contributed by atoms with Gasteiger partial charge in [0.15, 0.2) is 11.8 Å². The van der Waals surface area contributed by atoms with Crippen LogP contribution in [0.1, 0.15) is 22.0 Å². The van der Waals surface area contributed by atoms with Crippen LogP contribution < -0.4 is 9.47 Å². The Morgan fingerprint density at radius 3 is 3.04 bits per heavy atom. The van der Waals surface area contributed by atoms with Crippen molar-refractivity contribution in [3.05, 3.63) is 53.9 Å². The molecule has 2 unspecified atom stereocenters. The fourth-order valence-corrected chi connectivity index (χ4v) is 3.31. The second-order valence-corrected chi connectivity index (χ2v) is 5.96. The summed E-state index contributed by atoms with van der Waals surface area (Å²) in [6.45, 7) is 0.365. The van der Waals surface area contributed by atoms with E-state index < -0.39 is 0 Å². The summed E-state index contributed by atoms with van der Waals surface area (Å²) in [4.78, 5) is 19.1. The number of carbonyl (C=O) groups excluding carboxylic acids is 1. The lowest BCUT2D eigenvalue weighted by Crippen LogP contribution is -2.48. The summed E-state index contributed by atoms with van der Waals surface area (Å²) >= 11 is 0. The number of nitrogens with zero attached hydrogens (tertiary/aromatic N) is 4. The number of ether oxygens (including phenoxy) is 2. The summed E-state index contributed by atoms with van der Waals surface area (Å²) in [5.74, 6) is 1.11. The molecule has 2 aliphatic rings. The van der Waals surface area contributed by atoms with Crippen LogP contribution in [0.4, 0.5) is 0 Å². The number of hydrogen-bond donors (Lipinski definition) is 0. The number of aromatic nitrogens is 3. The van der Waals surface area contributed by atoms with E-state index in [4.69, 9.17) is 9.47 Å². The van der Waals surface area contributed by atoms with Gasteiger partial charge in [-0.15, -0.1) is 0 Å². The predicted molar refractivity (Wildman–Crippen MR) is 84.2 cm³/mol. The van der Waals surface area contributed by atoms with Gasteiger partial charge in [0.1, 0.15) is 24.0 Å². The Bertz CT molecular complexity index is 967. The molecular weight excluding hydrogens is 308 g/mol. The van der Waals surface area contributed by atoms with Crippen LogP contribution in [0, 0.1) is 0 Å². The highest BCUT2D eigenvalue weighted by molar-refractivity contribution is 5.99. The molecule has 0 saturated heterocycles. The van der Waals surface area contributed by atoms with E-state index in [0.29, 0.717) is 23.7 Å². The van der Waals surface area contributed by atoms with E-state index in [-0.39, 0.29) is 18.1 Å². The number of fused-ring (bicyclic) bond motifs is 4. The van der Waals surface area contributed by atoms with Crippen LogP contribution in [0.2, 0.25) is 0 Å². The third kappa shape index (κ3) is 1.75. The van der Waals surface area contributed by atoms with Crippen LogP contribution >= 0.6 is 0 Å². The van der Waals surface area contributed by atoms with E-state index in [0.717, 1.165) is 11.3 Å². The molecule has 24 heavy (non-hydrogen) atoms. The van der Waals surface area contributed by atoms with Gasteiger partial charge in [0, 0.05) is 24.9 Å². The Hall–Kier alpha value is -3.09. The highest BCUT2D eigenvalue weighted by Gasteiger charge is 2.39. The Morgan fingerprint density at radius 2 is 2.12 bits per heavy atom. The van der Waals surface area contributed by atoms with Crippen molar-refractivity contribution in [1.82, 2.24) is 19.5 Å². The van der Waals surface area contributed by atoms with Gasteiger partial charge in [0.2, 0.25) is 5.88 Å². The topological polar surface area (TPSA) is 69.0 Å². The van der Waals surface area contributed by atoms with E-state index in [1.54, 1.807) is 34.9 Å². The average molecular weight is 322 g/mol. The van der Waals surface area contributed by atoms with Crippen LogP contribution in [-0.4, -0.2) is 45.1 Å². The minimum absolute atomic E-state index is 0.141. The van der Waals surface area contributed by atoms with Gasteiger partial charge in [0.05, 0.1) is 6.20 Å². The van der Waals surface area contributed by atoms with Gasteiger partial charge in [-0.05, 0) is 6.07 Å². The largest absolute Gasteiger partial charge is 0.491 e. The van der Waals surface area contributed by atoms with Gasteiger partial charge >= 0.3 is 0 Å². The summed E-state index contributed by atoms with van der Waals surface area (Å²) < 4.78 is 13.6. The molecule has 2 aliphatic heterocycles. The van der Waals surface area contributed by atoms with Crippen molar-refractivity contribution in [1.29, 1.82) is 0 Å². The van der Waals surface area contributed by atoms with E-state index >= 15 is 0 Å². The van der Waals surface area contributed by atoms with Crippen LogP contribution in [0.5, 0.6) is 11.6 Å². The minimum atomic E-state index is -0.337. The standard InChI is InChI=1S/C17H14N4O3/c1-20-12-9-23-13-5-3-2-4-10(13)15(12)24-14-6-7-21-16(19-14)11(8-18-21)17(20)22/h2-8,12,15H,9H2,1H3. The fraction of sp³-hybridized carbons (Fsp3) is 0.235. The third-order valence-corrected chi connectivity index (χ3v) is 4.62. The van der Waals surface area contributed by atoms with Crippen molar-refractivity contribution in [2.24, 2.45) is 0 Å². The monoisotopic (exact) mass is 322 g/mol. The third-order valence-electron chi connectivity index (χ3n) is 4.62. The van der Waals surface area contributed by atoms with Gasteiger partial charge < -0.3 is 14.4 Å². The second kappa shape index (κ2) is 4.70. The lowest BCUT2D eigenvalue weighted by molar-refractivity contribution is 0.0246. The molecule has 2 atom stereocenters. The normalized spacial score (nSPS) is 22.0. The molecule has 0 saturated carbocycles. The second-order valence-electron chi connectivity index (χ2n) is 5.96. The molecule has 0 aliphatic carbocycles. The maximum atomic E-state index is 12.9. The van der Waals surface area contributed by atoms with Crippen molar-refractivity contribution in [2.45, 2.75) is 12.1 Å². The van der Waals surface area contributed by atoms with Crippen molar-refractivity contribution in [3.63, 3.8) is 0 Å². The maximum Gasteiger partial charge on any atom is 0.259 e. The number of carbonyl (C=O) groups is 1. The molecular formula is C17H14N4O3. The number of amides is 1. The van der Waals surface area contributed by atoms with E-state index in [1.807, 2.05) is 24.3 Å². The Kier molecular flexibility index (Phi) is 2.62. The summed E-state index contributed by atoms with van der Waals surface area (Å²) in [5, 5.41) is 4.18. The molecule has 1 aromatic carbocycles. The van der Waals surface area contributed by atoms with Crippen LogP contribution in [0.15, 0.2) is 42.7 Å². The van der Waals surface area contributed by atoms with Crippen LogP contribution in [0.25, 0.3) is 5.65 Å². The first-order chi connectivity index (χ1) is 11.7. The first-order valence-corrected chi connectivity index (χ1v) is 7.72. The van der Waals surface area contributed by atoms with E-state index in [2.05, 4.69) is 10.1 Å². The quantitative estimate of drug-likeness (QED) is 0.630. The Labute approximate surface area is 137 Å². The van der Waals surface area contributed by atoms with Crippen molar-refractivity contribution in [3.8, 4) is 11.6 Å². The maximum absolute atomic E-state index is 12.9. The fourth-order valence-electron chi connectivity index (χ4n) is 3.31. The molecule has 0 fully saturated rings. The first-order valence-electron chi connectivity index (χ1n) is 7.72. The molecule has 0 radical (unpaired) electrons. The smallest absolute Gasteiger partial charge is 0.259 e. The zero-order valence-corrected chi connectivity index (χ0v) is 12.9. The highest BCUT2D eigenvalue weighted by atomic mass is 16.5. The Balaban J connectivity index is 1.72. The number of rotatable bonds is 0. The SMILES string of the molecule is CN1C(=O)c2cnn3ccc(nc23)OC2c3ccccc3OCC21. The summed E-state index contributed by atoms with van der Waals surface area (Å²) in [7, 11) is 1.76. The molecule has 120 valence electrons. The molecule has 2 aromatic heterocycles. The zero-order valence-electron chi connectivity index (χ0n) is 12.9. The molecule has 0 spiro atoms. The molecule has 4 heterocycles. The first kappa shape index (κ1) is 13.4. The molecule has 7 nitrogen and oxygen atoms in total. The summed E-state index contributed by atoms with van der Waals surface area (Å²) in [5.41, 5.74) is 1.88. The van der Waals surface area contributed by atoms with Gasteiger partial charge in [-0.1, -0.05) is 18.2 Å². The van der Waals surface area contributed by atoms with Crippen LogP contribution in [-0.2, 0) is 0 Å². The zero-order chi connectivity index (χ0) is 16.3. The van der Waals surface area contributed by atoms with Crippen LogP contribution in [0.3, 0.4) is 0 Å². The Morgan fingerprint density at radius 1 is 1.25 bits per heavy atom. The molecule has 2 bridgehead atoms.